The molecule has 2 aliphatic carbocycles. The van der Waals surface area contributed by atoms with Crippen molar-refractivity contribution in [3.8, 4) is 0 Å². The largest absolute Gasteiger partial charge is 0.480 e. The average Bonchev–Trinajstić information content (AvgIpc) is 3.04. The maximum Gasteiger partial charge on any atom is 0.326 e. The second-order valence-electron chi connectivity index (χ2n) is 6.72. The Morgan fingerprint density at radius 1 is 1.27 bits per heavy atom. The summed E-state index contributed by atoms with van der Waals surface area (Å²) in [6.07, 6.45) is 5.28. The van der Waals surface area contributed by atoms with E-state index in [0.29, 0.717) is 18.3 Å². The lowest BCUT2D eigenvalue weighted by atomic mass is 9.86. The molecule has 4 atom stereocenters. The van der Waals surface area contributed by atoms with Crippen LogP contribution in [0.1, 0.15) is 46.0 Å². The van der Waals surface area contributed by atoms with E-state index < -0.39 is 12.0 Å². The predicted molar refractivity (Wildman–Crippen MR) is 81.0 cm³/mol. The number of carboxylic acids is 1. The number of amides is 2. The van der Waals surface area contributed by atoms with Crippen molar-refractivity contribution in [2.24, 2.45) is 17.8 Å². The molecule has 6 heteroatoms. The summed E-state index contributed by atoms with van der Waals surface area (Å²) < 4.78 is 0. The molecule has 0 heterocycles. The molecule has 0 saturated heterocycles. The van der Waals surface area contributed by atoms with Crippen molar-refractivity contribution in [1.29, 1.82) is 0 Å². The number of carboxylic acid groups (broad SMARTS) is 1. The highest BCUT2D eigenvalue weighted by Crippen LogP contribution is 2.49. The van der Waals surface area contributed by atoms with Gasteiger partial charge in [-0.2, -0.15) is 0 Å². The summed E-state index contributed by atoms with van der Waals surface area (Å²) in [6, 6.07) is -0.861. The number of nitrogens with zero attached hydrogens (tertiary/aromatic N) is 1. The van der Waals surface area contributed by atoms with Gasteiger partial charge in [0.2, 0.25) is 11.8 Å². The normalized spacial score (nSPS) is 27.5. The summed E-state index contributed by atoms with van der Waals surface area (Å²) in [4.78, 5) is 36.1. The molecule has 2 rings (SSSR count). The van der Waals surface area contributed by atoms with E-state index in [2.05, 4.69) is 5.32 Å². The molecule has 2 saturated carbocycles. The van der Waals surface area contributed by atoms with Crippen molar-refractivity contribution in [3.05, 3.63) is 0 Å². The van der Waals surface area contributed by atoms with E-state index in [0.717, 1.165) is 12.3 Å². The molecule has 0 spiro atoms. The van der Waals surface area contributed by atoms with E-state index in [1.54, 1.807) is 0 Å². The van der Waals surface area contributed by atoms with Gasteiger partial charge in [0.1, 0.15) is 6.04 Å². The van der Waals surface area contributed by atoms with Gasteiger partial charge in [-0.15, -0.1) is 0 Å². The van der Waals surface area contributed by atoms with Crippen LogP contribution in [-0.2, 0) is 14.4 Å². The molecule has 0 radical (unpaired) electrons. The molecule has 4 unspecified atom stereocenters. The first-order valence-corrected chi connectivity index (χ1v) is 8.15. The zero-order valence-corrected chi connectivity index (χ0v) is 13.4. The fourth-order valence-corrected chi connectivity index (χ4v) is 3.99. The molecule has 0 aromatic heterocycles. The molecule has 2 fully saturated rings. The standard InChI is InChI=1S/C16H26N2O4/c1-10(16(21)22)18(6-5-17-11(2)19)15(20)9-14-8-12-3-4-13(14)7-12/h10,12-14H,3-9H2,1-2H3,(H,17,19)(H,21,22). The maximum atomic E-state index is 12.5. The summed E-state index contributed by atoms with van der Waals surface area (Å²) in [7, 11) is 0. The van der Waals surface area contributed by atoms with Crippen LogP contribution in [-0.4, -0.2) is 46.9 Å². The Balaban J connectivity index is 1.92. The molecule has 2 bridgehead atoms. The van der Waals surface area contributed by atoms with E-state index in [1.165, 1.54) is 38.0 Å². The number of aliphatic carboxylic acids is 1. The lowest BCUT2D eigenvalue weighted by Gasteiger charge is -2.29. The monoisotopic (exact) mass is 310 g/mol. The number of hydrogen-bond donors (Lipinski definition) is 2. The highest BCUT2D eigenvalue weighted by Gasteiger charge is 2.41. The van der Waals surface area contributed by atoms with Gasteiger partial charge in [-0.1, -0.05) is 6.42 Å². The van der Waals surface area contributed by atoms with E-state index in [4.69, 9.17) is 0 Å². The highest BCUT2D eigenvalue weighted by atomic mass is 16.4. The van der Waals surface area contributed by atoms with Gasteiger partial charge >= 0.3 is 5.97 Å². The van der Waals surface area contributed by atoms with Crippen LogP contribution >= 0.6 is 0 Å². The zero-order valence-electron chi connectivity index (χ0n) is 13.4. The molecule has 22 heavy (non-hydrogen) atoms. The Bertz CT molecular complexity index is 451. The first-order valence-electron chi connectivity index (χ1n) is 8.15. The summed E-state index contributed by atoms with van der Waals surface area (Å²) in [5.74, 6) is 0.541. The van der Waals surface area contributed by atoms with Gasteiger partial charge in [-0.3, -0.25) is 9.59 Å². The Kier molecular flexibility index (Phi) is 5.42. The van der Waals surface area contributed by atoms with Crippen LogP contribution in [0.4, 0.5) is 0 Å². The van der Waals surface area contributed by atoms with Gasteiger partial charge in [0.05, 0.1) is 0 Å². The molecular weight excluding hydrogens is 284 g/mol. The number of hydrogen-bond acceptors (Lipinski definition) is 3. The van der Waals surface area contributed by atoms with Crippen molar-refractivity contribution in [3.63, 3.8) is 0 Å². The van der Waals surface area contributed by atoms with Crippen LogP contribution in [0, 0.1) is 17.8 Å². The second kappa shape index (κ2) is 7.11. The summed E-state index contributed by atoms with van der Waals surface area (Å²) in [5.41, 5.74) is 0. The van der Waals surface area contributed by atoms with Gasteiger partial charge in [0, 0.05) is 26.4 Å². The molecule has 2 aliphatic rings. The van der Waals surface area contributed by atoms with E-state index in [9.17, 15) is 19.5 Å². The lowest BCUT2D eigenvalue weighted by molar-refractivity contribution is -0.150. The van der Waals surface area contributed by atoms with Crippen LogP contribution in [0.15, 0.2) is 0 Å². The van der Waals surface area contributed by atoms with Crippen LogP contribution in [0.25, 0.3) is 0 Å². The van der Waals surface area contributed by atoms with Crippen LogP contribution in [0.5, 0.6) is 0 Å². The number of nitrogens with one attached hydrogen (secondary N) is 1. The Labute approximate surface area is 131 Å². The SMILES string of the molecule is CC(=O)NCCN(C(=O)CC1CC2CCC1C2)C(C)C(=O)O. The summed E-state index contributed by atoms with van der Waals surface area (Å²) in [6.45, 7) is 3.46. The minimum Gasteiger partial charge on any atom is -0.480 e. The van der Waals surface area contributed by atoms with Gasteiger partial charge in [-0.05, 0) is 43.9 Å². The average molecular weight is 310 g/mol. The summed E-state index contributed by atoms with van der Waals surface area (Å²) >= 11 is 0. The minimum atomic E-state index is -1.01. The van der Waals surface area contributed by atoms with Crippen LogP contribution in [0.2, 0.25) is 0 Å². The van der Waals surface area contributed by atoms with Crippen molar-refractivity contribution in [2.45, 2.75) is 52.0 Å². The molecule has 2 N–H and O–H groups in total. The first kappa shape index (κ1) is 16.8. The Morgan fingerprint density at radius 2 is 2.00 bits per heavy atom. The zero-order chi connectivity index (χ0) is 16.3. The molecule has 6 nitrogen and oxygen atoms in total. The molecule has 0 aromatic rings. The molecular formula is C16H26N2O4. The second-order valence-corrected chi connectivity index (χ2v) is 6.72. The third-order valence-electron chi connectivity index (χ3n) is 5.19. The van der Waals surface area contributed by atoms with E-state index in [-0.39, 0.29) is 24.9 Å². The number of carbonyl (C=O) groups is 3. The predicted octanol–water partition coefficient (Wildman–Crippen LogP) is 1.25. The highest BCUT2D eigenvalue weighted by molar-refractivity contribution is 5.83. The van der Waals surface area contributed by atoms with Gasteiger partial charge in [-0.25, -0.2) is 4.79 Å². The number of rotatable bonds is 7. The van der Waals surface area contributed by atoms with Crippen molar-refractivity contribution >= 4 is 17.8 Å². The molecule has 0 aliphatic heterocycles. The smallest absolute Gasteiger partial charge is 0.326 e. The van der Waals surface area contributed by atoms with Gasteiger partial charge in [0.15, 0.2) is 0 Å². The van der Waals surface area contributed by atoms with Gasteiger partial charge in [0.25, 0.3) is 0 Å². The van der Waals surface area contributed by atoms with E-state index in [1.807, 2.05) is 0 Å². The van der Waals surface area contributed by atoms with Gasteiger partial charge < -0.3 is 15.3 Å². The fraction of sp³-hybridized carbons (Fsp3) is 0.812. The van der Waals surface area contributed by atoms with Crippen molar-refractivity contribution in [1.82, 2.24) is 10.2 Å². The fourth-order valence-electron chi connectivity index (χ4n) is 3.99. The van der Waals surface area contributed by atoms with Crippen LogP contribution < -0.4 is 5.32 Å². The number of carbonyl (C=O) groups excluding carboxylic acids is 2. The Hall–Kier alpha value is -1.59. The molecule has 124 valence electrons. The quantitative estimate of drug-likeness (QED) is 0.741. The third-order valence-corrected chi connectivity index (χ3v) is 5.19. The maximum absolute atomic E-state index is 12.5. The molecule has 0 aromatic carbocycles. The first-order chi connectivity index (χ1) is 10.4. The number of fused-ring (bicyclic) bond motifs is 2. The molecule has 2 amide bonds. The topological polar surface area (TPSA) is 86.7 Å². The van der Waals surface area contributed by atoms with E-state index >= 15 is 0 Å². The third kappa shape index (κ3) is 3.99. The lowest BCUT2D eigenvalue weighted by Crippen LogP contribution is -2.47. The summed E-state index contributed by atoms with van der Waals surface area (Å²) in [5, 5.41) is 11.8. The van der Waals surface area contributed by atoms with Crippen molar-refractivity contribution < 1.29 is 19.5 Å². The minimum absolute atomic E-state index is 0.0993. The van der Waals surface area contributed by atoms with Crippen molar-refractivity contribution in [2.75, 3.05) is 13.1 Å². The Morgan fingerprint density at radius 3 is 2.50 bits per heavy atom. The van der Waals surface area contributed by atoms with Crippen LogP contribution in [0.3, 0.4) is 0 Å².